The number of benzene rings is 2. The van der Waals surface area contributed by atoms with E-state index in [9.17, 15) is 0 Å². The second-order valence-electron chi connectivity index (χ2n) is 7.28. The number of nitrogens with two attached hydrogens (primary N) is 1. The highest BCUT2D eigenvalue weighted by molar-refractivity contribution is 14.0. The van der Waals surface area contributed by atoms with Crippen molar-refractivity contribution in [1.29, 1.82) is 0 Å². The molecule has 6 heteroatoms. The van der Waals surface area contributed by atoms with Crippen LogP contribution in [0.4, 0.5) is 5.69 Å². The molecule has 0 unspecified atom stereocenters. The van der Waals surface area contributed by atoms with E-state index in [0.29, 0.717) is 11.9 Å². The molecule has 28 heavy (non-hydrogen) atoms. The van der Waals surface area contributed by atoms with Crippen LogP contribution in [-0.2, 0) is 6.54 Å². The van der Waals surface area contributed by atoms with Crippen molar-refractivity contribution >= 4 is 35.6 Å². The number of hydrogen-bond acceptors (Lipinski definition) is 3. The molecule has 1 aliphatic heterocycles. The van der Waals surface area contributed by atoms with E-state index in [1.54, 1.807) is 7.11 Å². The highest BCUT2D eigenvalue weighted by atomic mass is 127. The van der Waals surface area contributed by atoms with E-state index >= 15 is 0 Å². The Bertz CT molecular complexity index is 738. The van der Waals surface area contributed by atoms with Crippen LogP contribution in [0.25, 0.3) is 0 Å². The lowest BCUT2D eigenvalue weighted by molar-refractivity contribution is 0.180. The summed E-state index contributed by atoms with van der Waals surface area (Å²) < 4.78 is 5.16. The first-order valence-electron chi connectivity index (χ1n) is 9.61. The Morgan fingerprint density at radius 3 is 2.36 bits per heavy atom. The number of rotatable bonds is 6. The van der Waals surface area contributed by atoms with Crippen molar-refractivity contribution in [2.75, 3.05) is 32.1 Å². The van der Waals surface area contributed by atoms with Crippen LogP contribution in [0.2, 0.25) is 0 Å². The molecule has 5 nitrogen and oxygen atoms in total. The fourth-order valence-electron chi connectivity index (χ4n) is 3.37. The van der Waals surface area contributed by atoms with Crippen LogP contribution in [0.15, 0.2) is 53.5 Å². The lowest BCUT2D eigenvalue weighted by atomic mass is 9.96. The number of hydrogen-bond donors (Lipinski definition) is 2. The molecule has 3 N–H and O–H groups in total. The quantitative estimate of drug-likeness (QED) is 0.358. The highest BCUT2D eigenvalue weighted by Crippen LogP contribution is 2.20. The van der Waals surface area contributed by atoms with Crippen LogP contribution >= 0.6 is 24.0 Å². The molecule has 0 atom stereocenters. The van der Waals surface area contributed by atoms with Crippen molar-refractivity contribution in [1.82, 2.24) is 4.90 Å². The standard InChI is InChI=1S/C22H30N4O.HI/c1-17-3-5-19(6-4-17)16-26-13-11-18(12-14-26)15-24-22(23)25-20-7-9-21(27-2)10-8-20;/h3-10,18H,11-16H2,1-2H3,(H3,23,24,25);1H. The second-order valence-corrected chi connectivity index (χ2v) is 7.28. The molecule has 1 fully saturated rings. The third kappa shape index (κ3) is 6.98. The van der Waals surface area contributed by atoms with Gasteiger partial charge in [0.15, 0.2) is 5.96 Å². The van der Waals surface area contributed by atoms with Crippen molar-refractivity contribution < 1.29 is 4.74 Å². The average molecular weight is 494 g/mol. The normalized spacial score (nSPS) is 15.7. The molecule has 152 valence electrons. The molecule has 0 amide bonds. The van der Waals surface area contributed by atoms with Crippen LogP contribution in [0.3, 0.4) is 0 Å². The first-order chi connectivity index (χ1) is 13.1. The van der Waals surface area contributed by atoms with Gasteiger partial charge in [0.1, 0.15) is 5.75 Å². The Balaban J connectivity index is 0.00000280. The zero-order valence-electron chi connectivity index (χ0n) is 16.7. The van der Waals surface area contributed by atoms with Gasteiger partial charge in [0.2, 0.25) is 0 Å². The Morgan fingerprint density at radius 2 is 1.75 bits per heavy atom. The third-order valence-electron chi connectivity index (χ3n) is 5.12. The van der Waals surface area contributed by atoms with Gasteiger partial charge in [0.25, 0.3) is 0 Å². The maximum absolute atomic E-state index is 6.03. The summed E-state index contributed by atoms with van der Waals surface area (Å²) >= 11 is 0. The predicted octanol–water partition coefficient (Wildman–Crippen LogP) is 4.26. The number of aliphatic imine (C=N–C) groups is 1. The van der Waals surface area contributed by atoms with Gasteiger partial charge in [-0.2, -0.15) is 0 Å². The van der Waals surface area contributed by atoms with Crippen LogP contribution in [0.5, 0.6) is 5.75 Å². The number of piperidine rings is 1. The fraction of sp³-hybridized carbons (Fsp3) is 0.409. The van der Waals surface area contributed by atoms with Crippen molar-refractivity contribution in [2.24, 2.45) is 16.6 Å². The predicted molar refractivity (Wildman–Crippen MR) is 128 cm³/mol. The molecule has 0 aliphatic carbocycles. The second kappa shape index (κ2) is 11.3. The Hall–Kier alpha value is -1.80. The molecule has 0 bridgehead atoms. The van der Waals surface area contributed by atoms with Crippen LogP contribution in [0, 0.1) is 12.8 Å². The van der Waals surface area contributed by atoms with Gasteiger partial charge in [-0.05, 0) is 68.6 Å². The molecule has 2 aromatic rings. The molecule has 0 spiro atoms. The number of anilines is 1. The van der Waals surface area contributed by atoms with E-state index in [1.165, 1.54) is 24.0 Å². The minimum absolute atomic E-state index is 0. The number of nitrogens with zero attached hydrogens (tertiary/aromatic N) is 2. The fourth-order valence-corrected chi connectivity index (χ4v) is 3.37. The van der Waals surface area contributed by atoms with Gasteiger partial charge in [-0.15, -0.1) is 24.0 Å². The van der Waals surface area contributed by atoms with Gasteiger partial charge in [0, 0.05) is 18.8 Å². The average Bonchev–Trinajstić information content (AvgIpc) is 2.70. The molecule has 1 saturated heterocycles. The van der Waals surface area contributed by atoms with Crippen molar-refractivity contribution in [2.45, 2.75) is 26.3 Å². The van der Waals surface area contributed by atoms with E-state index in [0.717, 1.165) is 37.6 Å². The molecular formula is C22H31IN4O. The van der Waals surface area contributed by atoms with Gasteiger partial charge < -0.3 is 15.8 Å². The van der Waals surface area contributed by atoms with Gasteiger partial charge >= 0.3 is 0 Å². The summed E-state index contributed by atoms with van der Waals surface area (Å²) in [6.45, 7) is 6.20. The lowest BCUT2D eigenvalue weighted by Gasteiger charge is -2.31. The summed E-state index contributed by atoms with van der Waals surface area (Å²) in [6.07, 6.45) is 2.34. The summed E-state index contributed by atoms with van der Waals surface area (Å²) in [5.74, 6) is 1.91. The third-order valence-corrected chi connectivity index (χ3v) is 5.12. The van der Waals surface area contributed by atoms with Crippen molar-refractivity contribution in [3.63, 3.8) is 0 Å². The Labute approximate surface area is 185 Å². The summed E-state index contributed by atoms with van der Waals surface area (Å²) in [5, 5.41) is 3.14. The number of methoxy groups -OCH3 is 1. The monoisotopic (exact) mass is 494 g/mol. The topological polar surface area (TPSA) is 62.9 Å². The van der Waals surface area contributed by atoms with E-state index in [1.807, 2.05) is 24.3 Å². The molecule has 1 heterocycles. The first-order valence-corrected chi connectivity index (χ1v) is 9.61. The van der Waals surface area contributed by atoms with E-state index < -0.39 is 0 Å². The van der Waals surface area contributed by atoms with Crippen molar-refractivity contribution in [3.8, 4) is 5.75 Å². The highest BCUT2D eigenvalue weighted by Gasteiger charge is 2.19. The van der Waals surface area contributed by atoms with Crippen LogP contribution in [0.1, 0.15) is 24.0 Å². The maximum atomic E-state index is 6.03. The Morgan fingerprint density at radius 1 is 1.11 bits per heavy atom. The number of ether oxygens (including phenoxy) is 1. The zero-order chi connectivity index (χ0) is 19.1. The number of nitrogens with one attached hydrogen (secondary N) is 1. The largest absolute Gasteiger partial charge is 0.497 e. The van der Waals surface area contributed by atoms with Gasteiger partial charge in [-0.25, -0.2) is 0 Å². The summed E-state index contributed by atoms with van der Waals surface area (Å²) in [4.78, 5) is 7.07. The number of likely N-dealkylation sites (tertiary alicyclic amines) is 1. The molecule has 2 aromatic carbocycles. The molecule has 0 saturated carbocycles. The summed E-state index contributed by atoms with van der Waals surface area (Å²) in [6, 6.07) is 16.5. The summed E-state index contributed by atoms with van der Waals surface area (Å²) in [7, 11) is 1.66. The van der Waals surface area contributed by atoms with E-state index in [-0.39, 0.29) is 24.0 Å². The summed E-state index contributed by atoms with van der Waals surface area (Å²) in [5.41, 5.74) is 9.66. The minimum atomic E-state index is 0. The zero-order valence-corrected chi connectivity index (χ0v) is 19.1. The number of guanidine groups is 1. The molecule has 0 radical (unpaired) electrons. The van der Waals surface area contributed by atoms with Gasteiger partial charge in [-0.3, -0.25) is 9.89 Å². The number of halogens is 1. The van der Waals surface area contributed by atoms with E-state index in [4.69, 9.17) is 10.5 Å². The van der Waals surface area contributed by atoms with E-state index in [2.05, 4.69) is 46.4 Å². The lowest BCUT2D eigenvalue weighted by Crippen LogP contribution is -2.34. The molecule has 0 aromatic heterocycles. The van der Waals surface area contributed by atoms with Gasteiger partial charge in [0.05, 0.1) is 7.11 Å². The van der Waals surface area contributed by atoms with Crippen LogP contribution in [-0.4, -0.2) is 37.6 Å². The molecule has 1 aliphatic rings. The minimum Gasteiger partial charge on any atom is -0.497 e. The molecular weight excluding hydrogens is 463 g/mol. The molecule has 3 rings (SSSR count). The van der Waals surface area contributed by atoms with Gasteiger partial charge in [-0.1, -0.05) is 29.8 Å². The smallest absolute Gasteiger partial charge is 0.193 e. The first kappa shape index (κ1) is 22.5. The number of aryl methyl sites for hydroxylation is 1. The van der Waals surface area contributed by atoms with Crippen LogP contribution < -0.4 is 15.8 Å². The maximum Gasteiger partial charge on any atom is 0.193 e. The Kier molecular flexibility index (Phi) is 9.05. The van der Waals surface area contributed by atoms with Crippen molar-refractivity contribution in [3.05, 3.63) is 59.7 Å². The SMILES string of the molecule is COc1ccc(NC(N)=NCC2CCN(Cc3ccc(C)cc3)CC2)cc1.I.